The van der Waals surface area contributed by atoms with Crippen LogP contribution in [0.1, 0.15) is 16.8 Å². The van der Waals surface area contributed by atoms with Gasteiger partial charge in [-0.2, -0.15) is 0 Å². The van der Waals surface area contributed by atoms with Gasteiger partial charge in [0.15, 0.2) is 0 Å². The predicted octanol–water partition coefficient (Wildman–Crippen LogP) is 0.304. The molecule has 0 aromatic heterocycles. The molecule has 0 heterocycles. The summed E-state index contributed by atoms with van der Waals surface area (Å²) in [4.78, 5) is 22.7. The lowest BCUT2D eigenvalue weighted by Gasteiger charge is -2.13. The number of benzene rings is 1. The van der Waals surface area contributed by atoms with Crippen LogP contribution in [-0.4, -0.2) is 43.5 Å². The van der Waals surface area contributed by atoms with E-state index in [4.69, 9.17) is 5.11 Å². The zero-order chi connectivity index (χ0) is 14.5. The third-order valence-corrected chi connectivity index (χ3v) is 3.39. The molecule has 1 amide bonds. The fraction of sp³-hybridized carbons (Fsp3) is 0.333. The van der Waals surface area contributed by atoms with Gasteiger partial charge in [-0.25, -0.2) is 13.2 Å². The Morgan fingerprint density at radius 1 is 1.26 bits per heavy atom. The van der Waals surface area contributed by atoms with Gasteiger partial charge in [-0.05, 0) is 18.6 Å². The molecule has 0 bridgehead atoms. The number of sulfone groups is 1. The molecule has 0 saturated heterocycles. The highest BCUT2D eigenvalue weighted by atomic mass is 32.2. The van der Waals surface area contributed by atoms with Gasteiger partial charge in [0.05, 0.1) is 5.75 Å². The zero-order valence-corrected chi connectivity index (χ0v) is 11.2. The standard InChI is InChI=1S/C12H15NO5S/c1-19(17,18)8-7-10(12(15)16)13-11(14)9-5-3-2-4-6-9/h2-6,10H,7-8H2,1H3,(H,13,14)(H,15,16)/t10-/m0/s1. The Bertz CT molecular complexity index is 553. The maximum absolute atomic E-state index is 11.8. The lowest BCUT2D eigenvalue weighted by atomic mass is 10.1. The molecule has 7 heteroatoms. The van der Waals surface area contributed by atoms with E-state index in [9.17, 15) is 18.0 Å². The largest absolute Gasteiger partial charge is 0.480 e. The summed E-state index contributed by atoms with van der Waals surface area (Å²) in [5.41, 5.74) is 0.327. The predicted molar refractivity (Wildman–Crippen MR) is 69.7 cm³/mol. The molecule has 2 N–H and O–H groups in total. The summed E-state index contributed by atoms with van der Waals surface area (Å²) in [5.74, 6) is -2.09. The van der Waals surface area contributed by atoms with Crippen LogP contribution < -0.4 is 5.32 Å². The van der Waals surface area contributed by atoms with Gasteiger partial charge in [-0.15, -0.1) is 0 Å². The van der Waals surface area contributed by atoms with Gasteiger partial charge < -0.3 is 10.4 Å². The number of aliphatic carboxylic acids is 1. The first kappa shape index (κ1) is 15.2. The number of carboxylic acid groups (broad SMARTS) is 1. The van der Waals surface area contributed by atoms with E-state index in [1.807, 2.05) is 0 Å². The van der Waals surface area contributed by atoms with E-state index >= 15 is 0 Å². The minimum absolute atomic E-state index is 0.160. The van der Waals surface area contributed by atoms with E-state index in [0.717, 1.165) is 6.26 Å². The van der Waals surface area contributed by atoms with Crippen LogP contribution in [-0.2, 0) is 14.6 Å². The van der Waals surface area contributed by atoms with Crippen molar-refractivity contribution in [3.63, 3.8) is 0 Å². The summed E-state index contributed by atoms with van der Waals surface area (Å²) in [6.07, 6.45) is 0.859. The van der Waals surface area contributed by atoms with Gasteiger partial charge >= 0.3 is 5.97 Å². The molecule has 1 aromatic carbocycles. The van der Waals surface area contributed by atoms with Crippen LogP contribution in [0.5, 0.6) is 0 Å². The van der Waals surface area contributed by atoms with Crippen LogP contribution in [0, 0.1) is 0 Å². The summed E-state index contributed by atoms with van der Waals surface area (Å²) in [6.45, 7) is 0. The van der Waals surface area contributed by atoms with E-state index in [-0.39, 0.29) is 12.2 Å². The minimum atomic E-state index is -3.27. The fourth-order valence-corrected chi connectivity index (χ4v) is 2.08. The van der Waals surface area contributed by atoms with Gasteiger partial charge in [0.1, 0.15) is 15.9 Å². The molecule has 6 nitrogen and oxygen atoms in total. The number of carboxylic acids is 1. The van der Waals surface area contributed by atoms with Crippen molar-refractivity contribution in [2.45, 2.75) is 12.5 Å². The molecular formula is C12H15NO5S. The lowest BCUT2D eigenvalue weighted by molar-refractivity contribution is -0.139. The average molecular weight is 285 g/mol. The topological polar surface area (TPSA) is 101 Å². The van der Waals surface area contributed by atoms with Crippen molar-refractivity contribution in [3.8, 4) is 0 Å². The highest BCUT2D eigenvalue weighted by Gasteiger charge is 2.22. The Balaban J connectivity index is 2.69. The van der Waals surface area contributed by atoms with Crippen LogP contribution in [0.4, 0.5) is 0 Å². The van der Waals surface area contributed by atoms with Crippen LogP contribution >= 0.6 is 0 Å². The molecule has 0 spiro atoms. The van der Waals surface area contributed by atoms with Gasteiger partial charge in [-0.1, -0.05) is 18.2 Å². The molecule has 0 saturated carbocycles. The summed E-state index contributed by atoms with van der Waals surface area (Å²) >= 11 is 0. The first-order valence-electron chi connectivity index (χ1n) is 5.56. The Labute approximate surface area is 111 Å². The van der Waals surface area contributed by atoms with E-state index in [1.165, 1.54) is 0 Å². The number of hydrogen-bond donors (Lipinski definition) is 2. The summed E-state index contributed by atoms with van der Waals surface area (Å²) in [5, 5.41) is 11.3. The Kier molecular flexibility index (Phi) is 5.05. The van der Waals surface area contributed by atoms with E-state index < -0.39 is 27.8 Å². The summed E-state index contributed by atoms with van der Waals surface area (Å²) < 4.78 is 22.0. The number of amides is 1. The molecule has 1 rings (SSSR count). The van der Waals surface area contributed by atoms with Crippen LogP contribution in [0.2, 0.25) is 0 Å². The van der Waals surface area contributed by atoms with Gasteiger partial charge in [0.25, 0.3) is 5.91 Å². The van der Waals surface area contributed by atoms with Gasteiger partial charge in [-0.3, -0.25) is 4.79 Å². The van der Waals surface area contributed by atoms with Gasteiger partial charge in [0.2, 0.25) is 0 Å². The molecule has 0 aliphatic heterocycles. The average Bonchev–Trinajstić information content (AvgIpc) is 2.33. The monoisotopic (exact) mass is 285 g/mol. The lowest BCUT2D eigenvalue weighted by Crippen LogP contribution is -2.41. The number of nitrogens with one attached hydrogen (secondary N) is 1. The van der Waals surface area contributed by atoms with Gasteiger partial charge in [0, 0.05) is 11.8 Å². The molecule has 0 unspecified atom stereocenters. The third kappa shape index (κ3) is 5.52. The first-order chi connectivity index (χ1) is 8.79. The molecule has 0 radical (unpaired) electrons. The molecule has 1 aromatic rings. The highest BCUT2D eigenvalue weighted by Crippen LogP contribution is 2.02. The van der Waals surface area contributed by atoms with Crippen molar-refractivity contribution in [1.29, 1.82) is 0 Å². The maximum atomic E-state index is 11.8. The number of hydrogen-bond acceptors (Lipinski definition) is 4. The molecule has 19 heavy (non-hydrogen) atoms. The normalized spacial score (nSPS) is 12.7. The molecule has 104 valence electrons. The van der Waals surface area contributed by atoms with Crippen LogP contribution in [0.3, 0.4) is 0 Å². The Hall–Kier alpha value is -1.89. The molecular weight excluding hydrogens is 270 g/mol. The second kappa shape index (κ2) is 6.33. The molecule has 0 fully saturated rings. The Morgan fingerprint density at radius 3 is 2.32 bits per heavy atom. The summed E-state index contributed by atoms with van der Waals surface area (Å²) in [7, 11) is -3.27. The molecule has 0 aliphatic carbocycles. The fourth-order valence-electron chi connectivity index (χ4n) is 1.42. The highest BCUT2D eigenvalue weighted by molar-refractivity contribution is 7.90. The third-order valence-electron chi connectivity index (χ3n) is 2.42. The molecule has 0 aliphatic rings. The van der Waals surface area contributed by atoms with E-state index in [0.29, 0.717) is 5.56 Å². The SMILES string of the molecule is CS(=O)(=O)CC[C@H](NC(=O)c1ccccc1)C(=O)O. The quantitative estimate of drug-likeness (QED) is 0.783. The Morgan fingerprint density at radius 2 is 1.84 bits per heavy atom. The minimum Gasteiger partial charge on any atom is -0.480 e. The second-order valence-electron chi connectivity index (χ2n) is 4.15. The number of carbonyl (C=O) groups excluding carboxylic acids is 1. The van der Waals surface area contributed by atoms with Crippen LogP contribution in [0.25, 0.3) is 0 Å². The van der Waals surface area contributed by atoms with Crippen molar-refractivity contribution >= 4 is 21.7 Å². The maximum Gasteiger partial charge on any atom is 0.326 e. The first-order valence-corrected chi connectivity index (χ1v) is 7.62. The van der Waals surface area contributed by atoms with Crippen LogP contribution in [0.15, 0.2) is 30.3 Å². The van der Waals surface area contributed by atoms with Crippen molar-refractivity contribution in [2.24, 2.45) is 0 Å². The summed E-state index contributed by atoms with van der Waals surface area (Å²) in [6, 6.07) is 6.91. The van der Waals surface area contributed by atoms with Crippen molar-refractivity contribution < 1.29 is 23.1 Å². The van der Waals surface area contributed by atoms with Crippen molar-refractivity contribution in [2.75, 3.05) is 12.0 Å². The number of rotatable bonds is 6. The molecule has 1 atom stereocenters. The second-order valence-corrected chi connectivity index (χ2v) is 6.41. The van der Waals surface area contributed by atoms with E-state index in [1.54, 1.807) is 30.3 Å². The smallest absolute Gasteiger partial charge is 0.326 e. The van der Waals surface area contributed by atoms with Crippen molar-refractivity contribution in [1.82, 2.24) is 5.32 Å². The number of carbonyl (C=O) groups is 2. The zero-order valence-electron chi connectivity index (χ0n) is 10.4. The van der Waals surface area contributed by atoms with Crippen molar-refractivity contribution in [3.05, 3.63) is 35.9 Å². The van der Waals surface area contributed by atoms with E-state index in [2.05, 4.69) is 5.32 Å².